The van der Waals surface area contributed by atoms with Gasteiger partial charge in [-0.2, -0.15) is 0 Å². The first-order valence-corrected chi connectivity index (χ1v) is 11.2. The number of piperazine rings is 1. The van der Waals surface area contributed by atoms with E-state index in [0.717, 1.165) is 36.7 Å². The second-order valence-electron chi connectivity index (χ2n) is 7.67. The van der Waals surface area contributed by atoms with E-state index in [4.69, 9.17) is 17.0 Å². The predicted molar refractivity (Wildman–Crippen MR) is 129 cm³/mol. The van der Waals surface area contributed by atoms with Gasteiger partial charge in [-0.3, -0.25) is 4.90 Å². The number of ether oxygens (including phenoxy) is 1. The van der Waals surface area contributed by atoms with E-state index >= 15 is 0 Å². The van der Waals surface area contributed by atoms with Gasteiger partial charge in [0.25, 0.3) is 0 Å². The lowest BCUT2D eigenvalue weighted by Crippen LogP contribution is -2.49. The fourth-order valence-electron chi connectivity index (χ4n) is 4.17. The molecule has 31 heavy (non-hydrogen) atoms. The molecule has 1 aliphatic rings. The maximum absolute atomic E-state index is 9.98. The highest BCUT2D eigenvalue weighted by atomic mass is 32.1. The monoisotopic (exact) mass is 432 g/mol. The fourth-order valence-corrected chi connectivity index (χ4v) is 4.48. The summed E-state index contributed by atoms with van der Waals surface area (Å²) in [6.45, 7) is 5.97. The number of hydrogen-bond donors (Lipinski definition) is 1. The Balaban J connectivity index is 1.49. The smallest absolute Gasteiger partial charge is 0.161 e. The Bertz CT molecular complexity index is 963. The molecule has 3 aromatic carbocycles. The molecule has 1 aliphatic heterocycles. The molecule has 0 bridgehead atoms. The maximum atomic E-state index is 9.98. The Labute approximate surface area is 189 Å². The number of rotatable bonds is 6. The van der Waals surface area contributed by atoms with E-state index in [1.165, 1.54) is 11.1 Å². The van der Waals surface area contributed by atoms with Crippen molar-refractivity contribution >= 4 is 17.2 Å². The topological polar surface area (TPSA) is 35.9 Å². The molecule has 0 radical (unpaired) electrons. The first kappa shape index (κ1) is 21.3. The number of thiocarbonyl (C=S) groups is 1. The summed E-state index contributed by atoms with van der Waals surface area (Å²) >= 11 is 5.79. The van der Waals surface area contributed by atoms with Crippen molar-refractivity contribution in [3.8, 4) is 11.5 Å². The molecule has 1 N–H and O–H groups in total. The minimum atomic E-state index is 0.145. The predicted octanol–water partition coefficient (Wildman–Crippen LogP) is 4.87. The molecule has 160 valence electrons. The Morgan fingerprint density at radius 1 is 0.903 bits per heavy atom. The van der Waals surface area contributed by atoms with Crippen molar-refractivity contribution in [3.05, 3.63) is 95.6 Å². The van der Waals surface area contributed by atoms with E-state index in [-0.39, 0.29) is 11.8 Å². The molecule has 1 heterocycles. The SMILES string of the molecule is CCOc1cc(C(=S)N2CCN(C(c3ccccc3)c3ccccc3)CC2)ccc1O. The summed E-state index contributed by atoms with van der Waals surface area (Å²) in [6, 6.07) is 27.0. The summed E-state index contributed by atoms with van der Waals surface area (Å²) in [7, 11) is 0. The highest BCUT2D eigenvalue weighted by Gasteiger charge is 2.27. The quantitative estimate of drug-likeness (QED) is 0.562. The van der Waals surface area contributed by atoms with Crippen molar-refractivity contribution in [2.75, 3.05) is 32.8 Å². The number of benzene rings is 3. The van der Waals surface area contributed by atoms with Gasteiger partial charge in [-0.15, -0.1) is 0 Å². The van der Waals surface area contributed by atoms with Crippen LogP contribution in [0.25, 0.3) is 0 Å². The van der Waals surface area contributed by atoms with Gasteiger partial charge < -0.3 is 14.7 Å². The third-order valence-corrected chi connectivity index (χ3v) is 6.20. The van der Waals surface area contributed by atoms with Crippen LogP contribution in [0, 0.1) is 0 Å². The Morgan fingerprint density at radius 3 is 2.03 bits per heavy atom. The van der Waals surface area contributed by atoms with E-state index in [1.54, 1.807) is 6.07 Å². The normalized spacial score (nSPS) is 14.6. The number of phenolic OH excluding ortho intramolecular Hbond substituents is 1. The average molecular weight is 433 g/mol. The fraction of sp³-hybridized carbons (Fsp3) is 0.269. The van der Waals surface area contributed by atoms with Gasteiger partial charge >= 0.3 is 0 Å². The first-order valence-electron chi connectivity index (χ1n) is 10.8. The van der Waals surface area contributed by atoms with Gasteiger partial charge in [0.15, 0.2) is 11.5 Å². The van der Waals surface area contributed by atoms with Crippen LogP contribution in [0.1, 0.15) is 29.7 Å². The molecule has 4 nitrogen and oxygen atoms in total. The third kappa shape index (κ3) is 4.89. The minimum Gasteiger partial charge on any atom is -0.504 e. The Morgan fingerprint density at radius 2 is 1.48 bits per heavy atom. The van der Waals surface area contributed by atoms with Crippen LogP contribution in [0.3, 0.4) is 0 Å². The van der Waals surface area contributed by atoms with Gasteiger partial charge in [-0.25, -0.2) is 0 Å². The van der Waals surface area contributed by atoms with E-state index < -0.39 is 0 Å². The van der Waals surface area contributed by atoms with Crippen LogP contribution >= 0.6 is 12.2 Å². The second-order valence-corrected chi connectivity index (χ2v) is 8.05. The number of nitrogens with zero attached hydrogens (tertiary/aromatic N) is 2. The molecule has 0 aromatic heterocycles. The Kier molecular flexibility index (Phi) is 6.85. The molecule has 0 spiro atoms. The van der Waals surface area contributed by atoms with Crippen LogP contribution in [0.15, 0.2) is 78.9 Å². The largest absolute Gasteiger partial charge is 0.504 e. The molecule has 3 aromatic rings. The van der Waals surface area contributed by atoms with Gasteiger partial charge in [0, 0.05) is 31.7 Å². The summed E-state index contributed by atoms with van der Waals surface area (Å²) in [5.41, 5.74) is 3.53. The van der Waals surface area contributed by atoms with Gasteiger partial charge in [-0.1, -0.05) is 72.9 Å². The van der Waals surface area contributed by atoms with E-state index in [0.29, 0.717) is 12.4 Å². The molecule has 1 fully saturated rings. The van der Waals surface area contributed by atoms with Gasteiger partial charge in [0.05, 0.1) is 12.6 Å². The molecule has 4 rings (SSSR count). The van der Waals surface area contributed by atoms with Crippen molar-refractivity contribution in [2.24, 2.45) is 0 Å². The van der Waals surface area contributed by atoms with Gasteiger partial charge in [-0.05, 0) is 36.2 Å². The molecular formula is C26H28N2O2S. The number of phenols is 1. The van der Waals surface area contributed by atoms with Crippen LogP contribution in [0.2, 0.25) is 0 Å². The van der Waals surface area contributed by atoms with Crippen molar-refractivity contribution in [2.45, 2.75) is 13.0 Å². The molecule has 0 aliphatic carbocycles. The first-order chi connectivity index (χ1) is 15.2. The Hall–Kier alpha value is -2.89. The third-order valence-electron chi connectivity index (χ3n) is 5.70. The van der Waals surface area contributed by atoms with Crippen molar-refractivity contribution in [3.63, 3.8) is 0 Å². The summed E-state index contributed by atoms with van der Waals surface area (Å²) < 4.78 is 5.52. The summed E-state index contributed by atoms with van der Waals surface area (Å²) in [5.74, 6) is 0.626. The lowest BCUT2D eigenvalue weighted by Gasteiger charge is -2.40. The van der Waals surface area contributed by atoms with Crippen LogP contribution < -0.4 is 4.74 Å². The highest BCUT2D eigenvalue weighted by Crippen LogP contribution is 2.31. The zero-order valence-electron chi connectivity index (χ0n) is 17.8. The summed E-state index contributed by atoms with van der Waals surface area (Å²) in [6.07, 6.45) is 0. The van der Waals surface area contributed by atoms with Gasteiger partial charge in [0.2, 0.25) is 0 Å². The van der Waals surface area contributed by atoms with Crippen LogP contribution in [0.5, 0.6) is 11.5 Å². The second kappa shape index (κ2) is 9.94. The number of aromatic hydroxyl groups is 1. The summed E-state index contributed by atoms with van der Waals surface area (Å²) in [4.78, 5) is 5.59. The zero-order chi connectivity index (χ0) is 21.6. The van der Waals surface area contributed by atoms with Crippen molar-refractivity contribution in [1.29, 1.82) is 0 Å². The number of hydrogen-bond acceptors (Lipinski definition) is 4. The molecule has 0 saturated carbocycles. The van der Waals surface area contributed by atoms with Crippen molar-refractivity contribution in [1.82, 2.24) is 9.80 Å². The lowest BCUT2D eigenvalue weighted by molar-refractivity contribution is 0.152. The molecule has 1 saturated heterocycles. The average Bonchev–Trinajstić information content (AvgIpc) is 2.82. The standard InChI is InChI=1S/C26H28N2O2S/c1-2-30-24-19-22(13-14-23(24)29)26(31)28-17-15-27(16-18-28)25(20-9-5-3-6-10-20)21-11-7-4-8-12-21/h3-14,19,25,29H,2,15-18H2,1H3. The van der Waals surface area contributed by atoms with Crippen LogP contribution in [-0.4, -0.2) is 52.7 Å². The molecule has 0 unspecified atom stereocenters. The zero-order valence-corrected chi connectivity index (χ0v) is 18.6. The highest BCUT2D eigenvalue weighted by molar-refractivity contribution is 7.80. The van der Waals surface area contributed by atoms with Crippen molar-refractivity contribution < 1.29 is 9.84 Å². The minimum absolute atomic E-state index is 0.145. The molecule has 5 heteroatoms. The molecule has 0 atom stereocenters. The van der Waals surface area contributed by atoms with Crippen LogP contribution in [-0.2, 0) is 0 Å². The lowest BCUT2D eigenvalue weighted by atomic mass is 9.96. The molecule has 0 amide bonds. The summed E-state index contributed by atoms with van der Waals surface area (Å²) in [5, 5.41) is 9.98. The van der Waals surface area contributed by atoms with Gasteiger partial charge in [0.1, 0.15) is 4.99 Å². The molecular weight excluding hydrogens is 404 g/mol. The van der Waals surface area contributed by atoms with E-state index in [2.05, 4.69) is 70.5 Å². The van der Waals surface area contributed by atoms with E-state index in [9.17, 15) is 5.11 Å². The van der Waals surface area contributed by atoms with Crippen LogP contribution in [0.4, 0.5) is 0 Å². The maximum Gasteiger partial charge on any atom is 0.161 e. The van der Waals surface area contributed by atoms with E-state index in [1.807, 2.05) is 19.1 Å².